The van der Waals surface area contributed by atoms with Crippen molar-refractivity contribution in [1.82, 2.24) is 0 Å². The van der Waals surface area contributed by atoms with Gasteiger partial charge in [-0.2, -0.15) is 0 Å². The number of ether oxygens (including phenoxy) is 3. The molecule has 8 heteroatoms. The molecule has 0 fully saturated rings. The van der Waals surface area contributed by atoms with Crippen molar-refractivity contribution in [3.05, 3.63) is 122 Å². The molecule has 0 N–H and O–H groups in total. The van der Waals surface area contributed by atoms with Crippen molar-refractivity contribution in [3.63, 3.8) is 0 Å². The molecule has 0 spiro atoms. The van der Waals surface area contributed by atoms with Crippen molar-refractivity contribution in [2.45, 2.75) is 167 Å². The van der Waals surface area contributed by atoms with Crippen LogP contribution in [0, 0.1) is 0 Å². The first-order chi connectivity index (χ1) is 30.6. The third kappa shape index (κ3) is 42.8. The number of quaternary nitrogens is 1. The lowest BCUT2D eigenvalue weighted by Crippen LogP contribution is -2.55. The summed E-state index contributed by atoms with van der Waals surface area (Å²) in [5, 5.41) is 11.6. The molecule has 0 saturated heterocycles. The van der Waals surface area contributed by atoms with Crippen LogP contribution in [0.1, 0.15) is 155 Å². The van der Waals surface area contributed by atoms with E-state index in [4.69, 9.17) is 14.2 Å². The Morgan fingerprint density at radius 2 is 0.841 bits per heavy atom. The van der Waals surface area contributed by atoms with E-state index in [1.54, 1.807) is 21.1 Å². The molecular weight excluding hydrogens is 787 g/mol. The third-order valence-corrected chi connectivity index (χ3v) is 9.84. The minimum Gasteiger partial charge on any atom is -0.544 e. The SMILES string of the molecule is CC/C=C/C/C=C/C/C=C/C/C=C/C/C=C/C/C=C/CCCCCCC(=O)OCC(COCCC(C(=O)[O-])[N+](C)(C)C)OC(=O)CCCCC/C=C/C/C=C/C/C=C/C/C=C/CC. The topological polar surface area (TPSA) is 102 Å². The molecule has 0 amide bonds. The predicted octanol–water partition coefficient (Wildman–Crippen LogP) is 12.5. The molecule has 8 nitrogen and oxygen atoms in total. The van der Waals surface area contributed by atoms with Gasteiger partial charge in [-0.3, -0.25) is 9.59 Å². The Hall–Kier alpha value is -4.27. The smallest absolute Gasteiger partial charge is 0.306 e. The lowest BCUT2D eigenvalue weighted by molar-refractivity contribution is -0.889. The van der Waals surface area contributed by atoms with E-state index in [9.17, 15) is 19.5 Å². The van der Waals surface area contributed by atoms with Gasteiger partial charge in [0.25, 0.3) is 0 Å². The Balaban J connectivity index is 4.41. The van der Waals surface area contributed by atoms with Crippen LogP contribution in [0.4, 0.5) is 0 Å². The van der Waals surface area contributed by atoms with Gasteiger partial charge in [0.15, 0.2) is 6.10 Å². The number of carbonyl (C=O) groups is 3. The van der Waals surface area contributed by atoms with Crippen LogP contribution in [0.25, 0.3) is 0 Å². The normalized spacial score (nSPS) is 14.0. The van der Waals surface area contributed by atoms with Gasteiger partial charge in [0.2, 0.25) is 0 Å². The maximum absolute atomic E-state index is 12.7. The van der Waals surface area contributed by atoms with Gasteiger partial charge in [-0.15, -0.1) is 0 Å². The Morgan fingerprint density at radius 3 is 1.24 bits per heavy atom. The molecule has 0 heterocycles. The number of likely N-dealkylation sites (N-methyl/N-ethyl adjacent to an activating group) is 1. The van der Waals surface area contributed by atoms with Crippen LogP contribution in [0.15, 0.2) is 122 Å². The number of hydrogen-bond donors (Lipinski definition) is 0. The first-order valence-electron chi connectivity index (χ1n) is 24.1. The molecule has 2 unspecified atom stereocenters. The molecular formula is C55H87NO7. The fraction of sp³-hybridized carbons (Fsp3) is 0.582. The van der Waals surface area contributed by atoms with Crippen LogP contribution in [0.5, 0.6) is 0 Å². The number of rotatable bonds is 41. The van der Waals surface area contributed by atoms with Crippen molar-refractivity contribution in [1.29, 1.82) is 0 Å². The predicted molar refractivity (Wildman–Crippen MR) is 263 cm³/mol. The van der Waals surface area contributed by atoms with E-state index < -0.39 is 18.1 Å². The molecule has 0 aromatic heterocycles. The van der Waals surface area contributed by atoms with Gasteiger partial charge >= 0.3 is 11.9 Å². The standard InChI is InChI=1S/C55H87NO7/c1-6-8-10-12-14-16-18-20-22-24-25-26-27-28-29-30-32-33-35-37-39-41-43-45-53(57)62-50-51(49-61-48-47-52(55(59)60)56(3,4)5)63-54(58)46-44-42-40-38-36-34-31-23-21-19-17-15-13-11-9-7-2/h8-11,14-17,20-23,25-26,28-29,32-34,36,51-52H,6-7,12-13,18-19,24,27,30-31,35,37-50H2,1-5H3/b10-8+,11-9+,16-14+,17-15+,22-20+,23-21+,26-25+,29-28+,33-32+,36-34+. The Labute approximate surface area is 384 Å². The Kier molecular flexibility index (Phi) is 41.3. The van der Waals surface area contributed by atoms with Gasteiger partial charge < -0.3 is 28.6 Å². The maximum atomic E-state index is 12.7. The van der Waals surface area contributed by atoms with E-state index in [0.29, 0.717) is 12.8 Å². The van der Waals surface area contributed by atoms with E-state index in [2.05, 4.69) is 135 Å². The Morgan fingerprint density at radius 1 is 0.476 bits per heavy atom. The van der Waals surface area contributed by atoms with E-state index >= 15 is 0 Å². The highest BCUT2D eigenvalue weighted by Crippen LogP contribution is 2.12. The molecule has 0 bridgehead atoms. The van der Waals surface area contributed by atoms with Gasteiger partial charge in [-0.25, -0.2) is 0 Å². The van der Waals surface area contributed by atoms with E-state index in [0.717, 1.165) is 116 Å². The van der Waals surface area contributed by atoms with Crippen LogP contribution in [0.3, 0.4) is 0 Å². The van der Waals surface area contributed by atoms with Crippen LogP contribution < -0.4 is 5.11 Å². The van der Waals surface area contributed by atoms with Gasteiger partial charge in [-0.05, 0) is 103 Å². The highest BCUT2D eigenvalue weighted by atomic mass is 16.6. The largest absolute Gasteiger partial charge is 0.544 e. The average Bonchev–Trinajstić information content (AvgIpc) is 3.24. The molecule has 354 valence electrons. The lowest BCUT2D eigenvalue weighted by atomic mass is 10.1. The van der Waals surface area contributed by atoms with Gasteiger partial charge in [0, 0.05) is 19.3 Å². The summed E-state index contributed by atoms with van der Waals surface area (Å²) in [7, 11) is 5.38. The lowest BCUT2D eigenvalue weighted by Gasteiger charge is -2.34. The Bertz CT molecular complexity index is 1440. The van der Waals surface area contributed by atoms with E-state index in [1.165, 1.54) is 0 Å². The fourth-order valence-corrected chi connectivity index (χ4v) is 6.18. The quantitative estimate of drug-likeness (QED) is 0.0261. The molecule has 0 aromatic rings. The first-order valence-corrected chi connectivity index (χ1v) is 24.1. The summed E-state index contributed by atoms with van der Waals surface area (Å²) in [4.78, 5) is 37.0. The molecule has 0 aliphatic heterocycles. The molecule has 0 rings (SSSR count). The molecule has 0 radical (unpaired) electrons. The summed E-state index contributed by atoms with van der Waals surface area (Å²) in [5.74, 6) is -1.83. The zero-order valence-corrected chi connectivity index (χ0v) is 40.2. The summed E-state index contributed by atoms with van der Waals surface area (Å²) in [5.41, 5.74) is 0. The van der Waals surface area contributed by atoms with E-state index in [-0.39, 0.29) is 49.1 Å². The summed E-state index contributed by atoms with van der Waals surface area (Å²) >= 11 is 0. The van der Waals surface area contributed by atoms with E-state index in [1.807, 2.05) is 0 Å². The second kappa shape index (κ2) is 44.3. The van der Waals surface area contributed by atoms with Crippen LogP contribution in [-0.4, -0.2) is 75.5 Å². The summed E-state index contributed by atoms with van der Waals surface area (Å²) in [6, 6.07) is -0.744. The van der Waals surface area contributed by atoms with Crippen molar-refractivity contribution in [2.24, 2.45) is 0 Å². The molecule has 0 aromatic carbocycles. The number of aliphatic carboxylic acids is 1. The highest BCUT2D eigenvalue weighted by molar-refractivity contribution is 5.70. The molecule has 0 aliphatic carbocycles. The van der Waals surface area contributed by atoms with Crippen LogP contribution >= 0.6 is 0 Å². The maximum Gasteiger partial charge on any atom is 0.306 e. The second-order valence-corrected chi connectivity index (χ2v) is 16.6. The number of unbranched alkanes of at least 4 members (excludes halogenated alkanes) is 7. The minimum atomic E-state index is -1.14. The monoisotopic (exact) mass is 874 g/mol. The molecule has 2 atom stereocenters. The summed E-state index contributed by atoms with van der Waals surface area (Å²) in [6.07, 6.45) is 62.3. The van der Waals surface area contributed by atoms with Crippen LogP contribution in [0.2, 0.25) is 0 Å². The van der Waals surface area contributed by atoms with Crippen LogP contribution in [-0.2, 0) is 28.6 Å². The molecule has 63 heavy (non-hydrogen) atoms. The van der Waals surface area contributed by atoms with Gasteiger partial charge in [0.05, 0.1) is 40.3 Å². The minimum absolute atomic E-state index is 0.0103. The number of carboxylic acid groups (broad SMARTS) is 1. The van der Waals surface area contributed by atoms with Crippen molar-refractivity contribution in [2.75, 3.05) is 41.0 Å². The van der Waals surface area contributed by atoms with Gasteiger partial charge in [-0.1, -0.05) is 155 Å². The summed E-state index contributed by atoms with van der Waals surface area (Å²) in [6.45, 7) is 4.35. The number of hydrogen-bond acceptors (Lipinski definition) is 7. The van der Waals surface area contributed by atoms with Crippen molar-refractivity contribution >= 4 is 17.9 Å². The fourth-order valence-electron chi connectivity index (χ4n) is 6.18. The number of nitrogens with zero attached hydrogens (tertiary/aromatic N) is 1. The summed E-state index contributed by atoms with van der Waals surface area (Å²) < 4.78 is 17.1. The highest BCUT2D eigenvalue weighted by Gasteiger charge is 2.25. The second-order valence-electron chi connectivity index (χ2n) is 16.6. The average molecular weight is 874 g/mol. The third-order valence-electron chi connectivity index (χ3n) is 9.84. The molecule has 0 aliphatic rings. The number of esters is 2. The number of carbonyl (C=O) groups excluding carboxylic acids is 3. The molecule has 0 saturated carbocycles. The first kappa shape index (κ1) is 58.7. The number of allylic oxidation sites excluding steroid dienone is 20. The number of carboxylic acids is 1. The zero-order chi connectivity index (χ0) is 46.3. The van der Waals surface area contributed by atoms with Gasteiger partial charge in [0.1, 0.15) is 12.6 Å². The van der Waals surface area contributed by atoms with Crippen molar-refractivity contribution in [3.8, 4) is 0 Å². The van der Waals surface area contributed by atoms with Crippen molar-refractivity contribution < 1.29 is 38.2 Å². The zero-order valence-electron chi connectivity index (χ0n) is 40.2.